The van der Waals surface area contributed by atoms with Crippen molar-refractivity contribution in [2.75, 3.05) is 14.2 Å². The van der Waals surface area contributed by atoms with E-state index in [1.54, 1.807) is 13.0 Å². The Morgan fingerprint density at radius 1 is 1.11 bits per heavy atom. The van der Waals surface area contributed by atoms with Crippen LogP contribution in [0.25, 0.3) is 0 Å². The Hall–Kier alpha value is -2.56. The van der Waals surface area contributed by atoms with E-state index in [1.807, 2.05) is 6.08 Å². The highest BCUT2D eigenvalue weighted by Gasteiger charge is 2.26. The van der Waals surface area contributed by atoms with Crippen LogP contribution >= 0.6 is 0 Å². The second-order valence-corrected chi connectivity index (χ2v) is 7.23. The Morgan fingerprint density at radius 2 is 1.70 bits per heavy atom. The number of carbonyl (C=O) groups excluding carboxylic acids is 2. The van der Waals surface area contributed by atoms with Gasteiger partial charge in [0.25, 0.3) is 0 Å². The first-order valence-electron chi connectivity index (χ1n) is 8.95. The highest BCUT2D eigenvalue weighted by Crippen LogP contribution is 2.40. The van der Waals surface area contributed by atoms with Crippen molar-refractivity contribution < 1.29 is 24.2 Å². The zero-order valence-electron chi connectivity index (χ0n) is 17.0. The van der Waals surface area contributed by atoms with Crippen LogP contribution in [0.2, 0.25) is 0 Å². The Balaban J connectivity index is 2.99. The van der Waals surface area contributed by atoms with Crippen LogP contribution in [-0.4, -0.2) is 26.2 Å². The first kappa shape index (κ1) is 22.5. The summed E-state index contributed by atoms with van der Waals surface area (Å²) >= 11 is 0. The molecule has 0 amide bonds. The van der Waals surface area contributed by atoms with Crippen molar-refractivity contribution >= 4 is 11.9 Å². The third-order valence-corrected chi connectivity index (χ3v) is 4.74. The number of rotatable bonds is 6. The molecule has 1 aliphatic carbocycles. The van der Waals surface area contributed by atoms with Crippen LogP contribution < -0.4 is 5.11 Å². The third kappa shape index (κ3) is 6.27. The number of allylic oxidation sites excluding steroid dienone is 8. The minimum Gasteiger partial charge on any atom is -0.872 e. The van der Waals surface area contributed by atoms with Crippen LogP contribution in [0, 0.1) is 5.41 Å². The molecule has 0 bridgehead atoms. The van der Waals surface area contributed by atoms with E-state index < -0.39 is 11.9 Å². The topological polar surface area (TPSA) is 75.7 Å². The molecular weight excluding hydrogens is 344 g/mol. The molecule has 0 heterocycles. The SMILES string of the molecule is COC(=O)C(C(=O)OC)=C(C)/C=C/C=C([O-])/C=C/C1=C(C)CCCC1(C)C. The minimum atomic E-state index is -0.780. The summed E-state index contributed by atoms with van der Waals surface area (Å²) < 4.78 is 9.19. The van der Waals surface area contributed by atoms with Gasteiger partial charge in [-0.3, -0.25) is 0 Å². The van der Waals surface area contributed by atoms with Crippen LogP contribution in [0.15, 0.2) is 58.4 Å². The smallest absolute Gasteiger partial charge is 0.345 e. The van der Waals surface area contributed by atoms with Gasteiger partial charge in [0.15, 0.2) is 0 Å². The van der Waals surface area contributed by atoms with Crippen LogP contribution in [0.5, 0.6) is 0 Å². The first-order chi connectivity index (χ1) is 12.6. The Kier molecular flexibility index (Phi) is 8.29. The lowest BCUT2D eigenvalue weighted by Crippen LogP contribution is -2.19. The molecule has 1 aliphatic rings. The van der Waals surface area contributed by atoms with Gasteiger partial charge < -0.3 is 14.6 Å². The van der Waals surface area contributed by atoms with E-state index in [-0.39, 0.29) is 16.7 Å². The molecule has 0 aromatic carbocycles. The molecule has 0 atom stereocenters. The largest absolute Gasteiger partial charge is 0.872 e. The van der Waals surface area contributed by atoms with E-state index in [1.165, 1.54) is 50.0 Å². The highest BCUT2D eigenvalue weighted by molar-refractivity contribution is 6.15. The fourth-order valence-corrected chi connectivity index (χ4v) is 3.21. The molecule has 0 fully saturated rings. The molecule has 5 nitrogen and oxygen atoms in total. The molecule has 27 heavy (non-hydrogen) atoms. The molecule has 0 N–H and O–H groups in total. The van der Waals surface area contributed by atoms with Gasteiger partial charge in [-0.2, -0.15) is 0 Å². The first-order valence-corrected chi connectivity index (χ1v) is 8.95. The minimum absolute atomic E-state index is 0.0736. The third-order valence-electron chi connectivity index (χ3n) is 4.74. The van der Waals surface area contributed by atoms with E-state index in [0.717, 1.165) is 12.8 Å². The lowest BCUT2D eigenvalue weighted by molar-refractivity contribution is -0.294. The van der Waals surface area contributed by atoms with Gasteiger partial charge in [-0.1, -0.05) is 49.8 Å². The van der Waals surface area contributed by atoms with Crippen molar-refractivity contribution in [3.8, 4) is 0 Å². The monoisotopic (exact) mass is 373 g/mol. The fraction of sp³-hybridized carbons (Fsp3) is 0.455. The van der Waals surface area contributed by atoms with Crippen molar-refractivity contribution in [2.24, 2.45) is 5.41 Å². The maximum atomic E-state index is 12.1. The van der Waals surface area contributed by atoms with Crippen molar-refractivity contribution in [3.63, 3.8) is 0 Å². The Bertz CT molecular complexity index is 712. The Morgan fingerprint density at radius 3 is 2.22 bits per heavy atom. The lowest BCUT2D eigenvalue weighted by Gasteiger charge is -2.33. The predicted molar refractivity (Wildman–Crippen MR) is 103 cm³/mol. The van der Waals surface area contributed by atoms with E-state index in [4.69, 9.17) is 0 Å². The number of hydrogen-bond donors (Lipinski definition) is 0. The maximum Gasteiger partial charge on any atom is 0.345 e. The molecule has 5 heteroatoms. The zero-order chi connectivity index (χ0) is 20.6. The summed E-state index contributed by atoms with van der Waals surface area (Å²) in [4.78, 5) is 23.4. The summed E-state index contributed by atoms with van der Waals surface area (Å²) in [5, 5.41) is 12.1. The number of hydrogen-bond acceptors (Lipinski definition) is 5. The summed E-state index contributed by atoms with van der Waals surface area (Å²) in [6, 6.07) is 0. The van der Waals surface area contributed by atoms with E-state index in [2.05, 4.69) is 30.2 Å². The summed E-state index contributed by atoms with van der Waals surface area (Å²) in [6.07, 6.45) is 11.2. The van der Waals surface area contributed by atoms with Crippen LogP contribution in [0.4, 0.5) is 0 Å². The number of esters is 2. The average Bonchev–Trinajstić information content (AvgIpc) is 2.60. The van der Waals surface area contributed by atoms with E-state index >= 15 is 0 Å². The van der Waals surface area contributed by atoms with Crippen molar-refractivity contribution in [2.45, 2.75) is 47.0 Å². The van der Waals surface area contributed by atoms with Crippen LogP contribution in [0.3, 0.4) is 0 Å². The standard InChI is InChI=1S/C22H30O5/c1-15-10-8-14-22(3,4)18(15)13-12-17(23)11-7-9-16(2)19(20(24)26-5)21(25)27-6/h7,9,11-13,23H,8,10,14H2,1-6H3/p-1/b9-7+,13-12+,17-11-. The molecule has 0 saturated carbocycles. The maximum absolute atomic E-state index is 12.1. The van der Waals surface area contributed by atoms with Gasteiger partial charge >= 0.3 is 11.9 Å². The highest BCUT2D eigenvalue weighted by atomic mass is 16.5. The van der Waals surface area contributed by atoms with Gasteiger partial charge in [0.2, 0.25) is 0 Å². The predicted octanol–water partition coefficient (Wildman–Crippen LogP) is 3.53. The van der Waals surface area contributed by atoms with Crippen molar-refractivity contribution in [3.05, 3.63) is 58.4 Å². The van der Waals surface area contributed by atoms with E-state index in [9.17, 15) is 14.7 Å². The molecule has 0 saturated heterocycles. The van der Waals surface area contributed by atoms with Gasteiger partial charge in [-0.25, -0.2) is 9.59 Å². The number of methoxy groups -OCH3 is 2. The molecule has 148 valence electrons. The fourth-order valence-electron chi connectivity index (χ4n) is 3.21. The van der Waals surface area contributed by atoms with Gasteiger partial charge in [-0.15, -0.1) is 5.76 Å². The van der Waals surface area contributed by atoms with Crippen molar-refractivity contribution in [1.82, 2.24) is 0 Å². The lowest BCUT2D eigenvalue weighted by atomic mass is 9.72. The molecule has 1 rings (SSSR count). The molecule has 0 aliphatic heterocycles. The van der Waals surface area contributed by atoms with E-state index in [0.29, 0.717) is 5.57 Å². The Labute approximate surface area is 161 Å². The summed E-state index contributed by atoms with van der Waals surface area (Å²) in [5.74, 6) is -1.73. The van der Waals surface area contributed by atoms with Crippen LogP contribution in [-0.2, 0) is 19.1 Å². The second kappa shape index (κ2) is 9.95. The van der Waals surface area contributed by atoms with Gasteiger partial charge in [0, 0.05) is 0 Å². The summed E-state index contributed by atoms with van der Waals surface area (Å²) in [6.45, 7) is 8.08. The summed E-state index contributed by atoms with van der Waals surface area (Å²) in [7, 11) is 2.37. The number of carbonyl (C=O) groups is 2. The molecular formula is C22H29O5-. The molecule has 0 aromatic heterocycles. The zero-order valence-corrected chi connectivity index (χ0v) is 17.0. The molecule has 0 spiro atoms. The molecule has 0 aromatic rings. The quantitative estimate of drug-likeness (QED) is 0.178. The number of ether oxygens (including phenoxy) is 2. The average molecular weight is 373 g/mol. The van der Waals surface area contributed by atoms with Crippen LogP contribution in [0.1, 0.15) is 47.0 Å². The molecule has 0 radical (unpaired) electrons. The van der Waals surface area contributed by atoms with Gasteiger partial charge in [0.05, 0.1) is 14.2 Å². The second-order valence-electron chi connectivity index (χ2n) is 7.23. The summed E-state index contributed by atoms with van der Waals surface area (Å²) in [5.41, 5.74) is 2.77. The normalized spacial score (nSPS) is 17.3. The van der Waals surface area contributed by atoms with Gasteiger partial charge in [-0.05, 0) is 49.7 Å². The van der Waals surface area contributed by atoms with Gasteiger partial charge in [0.1, 0.15) is 5.57 Å². The molecule has 0 unspecified atom stereocenters. The van der Waals surface area contributed by atoms with Crippen molar-refractivity contribution in [1.29, 1.82) is 0 Å².